The fraction of sp³-hybridized carbons (Fsp3) is 0.200. The largest absolute Gasteiger partial charge is 0.490 e. The van der Waals surface area contributed by atoms with Gasteiger partial charge in [0.15, 0.2) is 11.5 Å². The first-order valence-electron chi connectivity index (χ1n) is 8.60. The van der Waals surface area contributed by atoms with Crippen LogP contribution in [0.4, 0.5) is 10.9 Å². The average molecular weight is 382 g/mol. The molecule has 0 saturated carbocycles. The summed E-state index contributed by atoms with van der Waals surface area (Å²) in [4.78, 5) is 4.09. The van der Waals surface area contributed by atoms with Crippen LogP contribution in [0.2, 0.25) is 0 Å². The minimum absolute atomic E-state index is 0.478. The van der Waals surface area contributed by atoms with Gasteiger partial charge in [-0.15, -0.1) is 11.3 Å². The maximum Gasteiger partial charge on any atom is 0.205 e. The molecule has 3 rings (SSSR count). The number of thiazole rings is 1. The van der Waals surface area contributed by atoms with Crippen LogP contribution >= 0.6 is 11.3 Å². The third-order valence-electron chi connectivity index (χ3n) is 3.81. The first kappa shape index (κ1) is 18.7. The SMILES string of the molecule is CCOc1cc(C=NNc2nc(N)cs2)ccc1OCc1ccccc1C. The molecule has 3 aromatic rings. The van der Waals surface area contributed by atoms with E-state index in [-0.39, 0.29) is 0 Å². The number of nitrogen functional groups attached to an aromatic ring is 1. The van der Waals surface area contributed by atoms with Crippen LogP contribution in [0.25, 0.3) is 0 Å². The molecule has 0 spiro atoms. The predicted molar refractivity (Wildman–Crippen MR) is 111 cm³/mol. The Morgan fingerprint density at radius 2 is 2.04 bits per heavy atom. The first-order chi connectivity index (χ1) is 13.2. The summed E-state index contributed by atoms with van der Waals surface area (Å²) in [5.41, 5.74) is 11.7. The van der Waals surface area contributed by atoms with Gasteiger partial charge in [0, 0.05) is 5.38 Å². The Kier molecular flexibility index (Phi) is 6.27. The van der Waals surface area contributed by atoms with E-state index in [1.54, 1.807) is 11.6 Å². The molecule has 0 fully saturated rings. The van der Waals surface area contributed by atoms with Gasteiger partial charge in [0.2, 0.25) is 5.13 Å². The monoisotopic (exact) mass is 382 g/mol. The van der Waals surface area contributed by atoms with E-state index in [9.17, 15) is 0 Å². The van der Waals surface area contributed by atoms with Gasteiger partial charge in [-0.1, -0.05) is 24.3 Å². The summed E-state index contributed by atoms with van der Waals surface area (Å²) < 4.78 is 11.7. The Morgan fingerprint density at radius 3 is 2.78 bits per heavy atom. The number of hydrogen-bond donors (Lipinski definition) is 2. The van der Waals surface area contributed by atoms with Crippen molar-refractivity contribution >= 4 is 28.5 Å². The molecule has 0 atom stereocenters. The maximum atomic E-state index is 5.98. The summed E-state index contributed by atoms with van der Waals surface area (Å²) in [5, 5.41) is 6.58. The van der Waals surface area contributed by atoms with Gasteiger partial charge in [0.05, 0.1) is 12.8 Å². The molecule has 0 bridgehead atoms. The Labute approximate surface area is 162 Å². The summed E-state index contributed by atoms with van der Waals surface area (Å²) in [6, 6.07) is 13.9. The minimum atomic E-state index is 0.478. The smallest absolute Gasteiger partial charge is 0.205 e. The van der Waals surface area contributed by atoms with Gasteiger partial charge >= 0.3 is 0 Å². The summed E-state index contributed by atoms with van der Waals surface area (Å²) in [7, 11) is 0. The number of aryl methyl sites for hydroxylation is 1. The summed E-state index contributed by atoms with van der Waals surface area (Å²) in [6.45, 7) is 5.07. The van der Waals surface area contributed by atoms with Crippen LogP contribution < -0.4 is 20.6 Å². The van der Waals surface area contributed by atoms with E-state index in [2.05, 4.69) is 34.6 Å². The van der Waals surface area contributed by atoms with Crippen LogP contribution in [0.1, 0.15) is 23.6 Å². The van der Waals surface area contributed by atoms with Crippen LogP contribution in [0.15, 0.2) is 52.9 Å². The third kappa shape index (κ3) is 5.21. The van der Waals surface area contributed by atoms with E-state index in [4.69, 9.17) is 15.2 Å². The topological polar surface area (TPSA) is 81.8 Å². The zero-order chi connectivity index (χ0) is 19.1. The Bertz CT molecular complexity index is 924. The minimum Gasteiger partial charge on any atom is -0.490 e. The summed E-state index contributed by atoms with van der Waals surface area (Å²) in [5.74, 6) is 1.87. The number of ether oxygens (including phenoxy) is 2. The Hall–Kier alpha value is -3.06. The second kappa shape index (κ2) is 9.05. The van der Waals surface area contributed by atoms with Gasteiger partial charge in [-0.2, -0.15) is 5.10 Å². The molecule has 0 unspecified atom stereocenters. The number of hydrogen-bond acceptors (Lipinski definition) is 7. The fourth-order valence-electron chi connectivity index (χ4n) is 2.42. The van der Waals surface area contributed by atoms with Crippen molar-refractivity contribution in [2.24, 2.45) is 5.10 Å². The Morgan fingerprint density at radius 1 is 1.19 bits per heavy atom. The molecule has 0 radical (unpaired) electrons. The van der Waals surface area contributed by atoms with E-state index in [0.717, 1.165) is 11.1 Å². The molecular weight excluding hydrogens is 360 g/mol. The Balaban J connectivity index is 1.69. The molecule has 0 aliphatic heterocycles. The highest BCUT2D eigenvalue weighted by atomic mass is 32.1. The van der Waals surface area contributed by atoms with Crippen molar-refractivity contribution < 1.29 is 9.47 Å². The number of nitrogens with two attached hydrogens (primary N) is 1. The number of nitrogens with zero attached hydrogens (tertiary/aromatic N) is 2. The lowest BCUT2D eigenvalue weighted by Crippen LogP contribution is -2.01. The van der Waals surface area contributed by atoms with Gasteiger partial charge in [0.1, 0.15) is 12.4 Å². The van der Waals surface area contributed by atoms with Crippen molar-refractivity contribution in [2.75, 3.05) is 17.8 Å². The molecule has 0 aliphatic carbocycles. The van der Waals surface area contributed by atoms with Crippen molar-refractivity contribution in [1.29, 1.82) is 0 Å². The maximum absolute atomic E-state index is 5.98. The highest BCUT2D eigenvalue weighted by Gasteiger charge is 2.07. The molecule has 1 aromatic heterocycles. The zero-order valence-electron chi connectivity index (χ0n) is 15.3. The van der Waals surface area contributed by atoms with Crippen molar-refractivity contribution in [3.63, 3.8) is 0 Å². The second-order valence-electron chi connectivity index (χ2n) is 5.80. The molecule has 6 nitrogen and oxygen atoms in total. The second-order valence-corrected chi connectivity index (χ2v) is 6.66. The molecule has 27 heavy (non-hydrogen) atoms. The molecular formula is C20H22N4O2S. The highest BCUT2D eigenvalue weighted by Crippen LogP contribution is 2.29. The number of anilines is 2. The molecule has 140 valence electrons. The van der Waals surface area contributed by atoms with E-state index in [0.29, 0.717) is 35.7 Å². The molecule has 7 heteroatoms. The molecule has 0 saturated heterocycles. The van der Waals surface area contributed by atoms with Crippen LogP contribution in [-0.2, 0) is 6.61 Å². The quantitative estimate of drug-likeness (QED) is 0.444. The van der Waals surface area contributed by atoms with Gasteiger partial charge in [0.25, 0.3) is 0 Å². The van der Waals surface area contributed by atoms with Crippen molar-refractivity contribution in [3.8, 4) is 11.5 Å². The molecule has 0 aliphatic rings. The first-order valence-corrected chi connectivity index (χ1v) is 9.48. The van der Waals surface area contributed by atoms with Gasteiger partial charge in [-0.25, -0.2) is 4.98 Å². The van der Waals surface area contributed by atoms with Gasteiger partial charge < -0.3 is 15.2 Å². The lowest BCUT2D eigenvalue weighted by molar-refractivity contribution is 0.269. The van der Waals surface area contributed by atoms with Crippen LogP contribution in [0.3, 0.4) is 0 Å². The normalized spacial score (nSPS) is 10.9. The van der Waals surface area contributed by atoms with Crippen molar-refractivity contribution in [3.05, 3.63) is 64.5 Å². The number of aromatic nitrogens is 1. The van der Waals surface area contributed by atoms with Gasteiger partial charge in [-0.3, -0.25) is 5.43 Å². The highest BCUT2D eigenvalue weighted by molar-refractivity contribution is 7.14. The number of rotatable bonds is 8. The van der Waals surface area contributed by atoms with Crippen molar-refractivity contribution in [2.45, 2.75) is 20.5 Å². The molecule has 1 heterocycles. The van der Waals surface area contributed by atoms with Crippen LogP contribution in [-0.4, -0.2) is 17.8 Å². The van der Waals surface area contributed by atoms with Crippen LogP contribution in [0.5, 0.6) is 11.5 Å². The van der Waals surface area contributed by atoms with Crippen molar-refractivity contribution in [1.82, 2.24) is 4.98 Å². The summed E-state index contributed by atoms with van der Waals surface area (Å²) in [6.07, 6.45) is 1.70. The predicted octanol–water partition coefficient (Wildman–Crippen LogP) is 4.46. The fourth-order valence-corrected chi connectivity index (χ4v) is 2.97. The average Bonchev–Trinajstić information content (AvgIpc) is 3.08. The lowest BCUT2D eigenvalue weighted by Gasteiger charge is -2.13. The lowest BCUT2D eigenvalue weighted by atomic mass is 10.1. The number of nitrogens with one attached hydrogen (secondary N) is 1. The molecule has 2 aromatic carbocycles. The third-order valence-corrected chi connectivity index (χ3v) is 4.57. The van der Waals surface area contributed by atoms with E-state index >= 15 is 0 Å². The van der Waals surface area contributed by atoms with E-state index in [1.807, 2.05) is 37.3 Å². The zero-order valence-corrected chi connectivity index (χ0v) is 16.1. The number of benzene rings is 2. The summed E-state index contributed by atoms with van der Waals surface area (Å²) >= 11 is 1.40. The van der Waals surface area contributed by atoms with E-state index < -0.39 is 0 Å². The van der Waals surface area contributed by atoms with E-state index in [1.165, 1.54) is 16.9 Å². The standard InChI is InChI=1S/C20H22N4O2S/c1-3-25-18-10-15(11-22-24-20-23-19(21)13-27-20)8-9-17(18)26-12-16-7-5-4-6-14(16)2/h4-11,13H,3,12,21H2,1-2H3,(H,23,24). The molecule has 3 N–H and O–H groups in total. The van der Waals surface area contributed by atoms with Crippen LogP contribution in [0, 0.1) is 6.92 Å². The molecule has 0 amide bonds. The van der Waals surface area contributed by atoms with Gasteiger partial charge in [-0.05, 0) is 48.7 Å². The number of hydrazone groups is 1.